The van der Waals surface area contributed by atoms with Crippen molar-refractivity contribution in [3.8, 4) is 0 Å². The minimum absolute atomic E-state index is 0.185. The maximum Gasteiger partial charge on any atom is 0.271 e. The number of non-ortho nitro benzene ring substituents is 1. The molecule has 3 rings (SSSR count). The molecule has 5 heteroatoms. The van der Waals surface area contributed by atoms with Gasteiger partial charge in [-0.15, -0.1) is 0 Å². The van der Waals surface area contributed by atoms with Crippen molar-refractivity contribution in [2.24, 2.45) is 0 Å². The highest BCUT2D eigenvalue weighted by molar-refractivity contribution is 5.54. The first kappa shape index (κ1) is 13.4. The van der Waals surface area contributed by atoms with Crippen molar-refractivity contribution >= 4 is 11.4 Å². The summed E-state index contributed by atoms with van der Waals surface area (Å²) in [6.45, 7) is 2.06. The second kappa shape index (κ2) is 5.79. The molecule has 1 aromatic carbocycles. The lowest BCUT2D eigenvalue weighted by atomic mass is 10.0. The van der Waals surface area contributed by atoms with Crippen molar-refractivity contribution < 1.29 is 4.92 Å². The fourth-order valence-electron chi connectivity index (χ4n) is 2.95. The van der Waals surface area contributed by atoms with Gasteiger partial charge >= 0.3 is 0 Å². The van der Waals surface area contributed by atoms with Crippen molar-refractivity contribution in [3.05, 3.63) is 34.4 Å². The van der Waals surface area contributed by atoms with Crippen LogP contribution in [0.5, 0.6) is 0 Å². The molecule has 1 N–H and O–H groups in total. The normalized spacial score (nSPS) is 22.5. The summed E-state index contributed by atoms with van der Waals surface area (Å²) >= 11 is 0. The molecule has 1 heterocycles. The van der Waals surface area contributed by atoms with Crippen LogP contribution >= 0.6 is 0 Å². The molecule has 1 aliphatic heterocycles. The molecule has 2 fully saturated rings. The molecule has 0 aromatic heterocycles. The first-order valence-corrected chi connectivity index (χ1v) is 7.48. The molecule has 108 valence electrons. The van der Waals surface area contributed by atoms with Crippen LogP contribution in [0, 0.1) is 10.1 Å². The zero-order valence-electron chi connectivity index (χ0n) is 11.6. The molecule has 0 radical (unpaired) electrons. The Kier molecular flexibility index (Phi) is 3.87. The topological polar surface area (TPSA) is 58.4 Å². The van der Waals surface area contributed by atoms with E-state index < -0.39 is 0 Å². The summed E-state index contributed by atoms with van der Waals surface area (Å²) in [4.78, 5) is 13.0. The summed E-state index contributed by atoms with van der Waals surface area (Å²) in [6, 6.07) is 8.14. The van der Waals surface area contributed by atoms with E-state index in [0.29, 0.717) is 12.1 Å². The number of nitro benzene ring substituents is 1. The monoisotopic (exact) mass is 275 g/mol. The number of nitrogens with zero attached hydrogens (tertiary/aromatic N) is 2. The van der Waals surface area contributed by atoms with Crippen LogP contribution in [0.3, 0.4) is 0 Å². The third-order valence-electron chi connectivity index (χ3n) is 4.19. The van der Waals surface area contributed by atoms with Crippen LogP contribution in [0.1, 0.15) is 32.1 Å². The first-order chi connectivity index (χ1) is 9.74. The van der Waals surface area contributed by atoms with E-state index in [1.54, 1.807) is 18.2 Å². The Balaban J connectivity index is 1.75. The van der Waals surface area contributed by atoms with Crippen LogP contribution < -0.4 is 10.2 Å². The van der Waals surface area contributed by atoms with Gasteiger partial charge in [-0.05, 0) is 38.3 Å². The Morgan fingerprint density at radius 2 is 2.15 bits per heavy atom. The Bertz CT molecular complexity index is 482. The quantitative estimate of drug-likeness (QED) is 0.663. The molecule has 1 unspecified atom stereocenters. The summed E-state index contributed by atoms with van der Waals surface area (Å²) < 4.78 is 0. The van der Waals surface area contributed by atoms with Gasteiger partial charge in [0.1, 0.15) is 0 Å². The number of anilines is 1. The molecule has 1 saturated carbocycles. The van der Waals surface area contributed by atoms with E-state index in [1.807, 2.05) is 6.07 Å². The largest absolute Gasteiger partial charge is 0.367 e. The van der Waals surface area contributed by atoms with E-state index in [9.17, 15) is 10.1 Å². The second-order valence-corrected chi connectivity index (χ2v) is 5.81. The lowest BCUT2D eigenvalue weighted by molar-refractivity contribution is -0.384. The van der Waals surface area contributed by atoms with E-state index in [-0.39, 0.29) is 10.6 Å². The van der Waals surface area contributed by atoms with Crippen LogP contribution in [-0.2, 0) is 0 Å². The fraction of sp³-hybridized carbons (Fsp3) is 0.600. The maximum absolute atomic E-state index is 10.9. The lowest BCUT2D eigenvalue weighted by Crippen LogP contribution is -2.44. The number of nitrogens with one attached hydrogen (secondary N) is 1. The van der Waals surface area contributed by atoms with Crippen LogP contribution in [0.4, 0.5) is 11.4 Å². The van der Waals surface area contributed by atoms with Gasteiger partial charge in [0.2, 0.25) is 0 Å². The van der Waals surface area contributed by atoms with Gasteiger partial charge in [-0.3, -0.25) is 10.1 Å². The molecular weight excluding hydrogens is 254 g/mol. The molecule has 1 saturated heterocycles. The van der Waals surface area contributed by atoms with Gasteiger partial charge in [0.25, 0.3) is 5.69 Å². The van der Waals surface area contributed by atoms with E-state index in [2.05, 4.69) is 10.2 Å². The average Bonchev–Trinajstić information content (AvgIpc) is 3.30. The SMILES string of the molecule is O=[N+]([O-])c1cccc(N(CC2CCCCN2)C2CC2)c1. The lowest BCUT2D eigenvalue weighted by Gasteiger charge is -2.32. The maximum atomic E-state index is 10.9. The standard InChI is InChI=1S/C15H21N3O2/c19-18(20)15-6-3-5-14(10-15)17(13-7-8-13)11-12-4-1-2-9-16-12/h3,5-6,10,12-13,16H,1-2,4,7-9,11H2. The van der Waals surface area contributed by atoms with E-state index in [4.69, 9.17) is 0 Å². The van der Waals surface area contributed by atoms with Gasteiger partial charge in [0.15, 0.2) is 0 Å². The molecular formula is C15H21N3O2. The summed E-state index contributed by atoms with van der Waals surface area (Å²) in [5.41, 5.74) is 1.18. The minimum Gasteiger partial charge on any atom is -0.367 e. The Labute approximate surface area is 119 Å². The summed E-state index contributed by atoms with van der Waals surface area (Å²) in [7, 11) is 0. The van der Waals surface area contributed by atoms with Gasteiger partial charge in [-0.1, -0.05) is 12.5 Å². The molecule has 0 spiro atoms. The van der Waals surface area contributed by atoms with E-state index in [1.165, 1.54) is 32.1 Å². The van der Waals surface area contributed by atoms with Crippen LogP contribution in [0.2, 0.25) is 0 Å². The summed E-state index contributed by atoms with van der Waals surface area (Å²) in [6.07, 6.45) is 6.16. The van der Waals surface area contributed by atoms with Crippen molar-refractivity contribution in [2.45, 2.75) is 44.2 Å². The fourth-order valence-corrected chi connectivity index (χ4v) is 2.95. The molecule has 2 aliphatic rings. The zero-order valence-corrected chi connectivity index (χ0v) is 11.6. The Hall–Kier alpha value is -1.62. The molecule has 20 heavy (non-hydrogen) atoms. The second-order valence-electron chi connectivity index (χ2n) is 5.81. The van der Waals surface area contributed by atoms with Gasteiger partial charge < -0.3 is 10.2 Å². The highest BCUT2D eigenvalue weighted by atomic mass is 16.6. The molecule has 0 bridgehead atoms. The third kappa shape index (κ3) is 3.10. The highest BCUT2D eigenvalue weighted by Gasteiger charge is 2.31. The number of benzene rings is 1. The van der Waals surface area contributed by atoms with Crippen LogP contribution in [-0.4, -0.2) is 30.1 Å². The number of rotatable bonds is 5. The van der Waals surface area contributed by atoms with E-state index >= 15 is 0 Å². The van der Waals surface area contributed by atoms with Crippen molar-refractivity contribution in [2.75, 3.05) is 18.0 Å². The molecule has 0 amide bonds. The highest BCUT2D eigenvalue weighted by Crippen LogP contribution is 2.33. The molecule has 1 aliphatic carbocycles. The van der Waals surface area contributed by atoms with Gasteiger partial charge in [0, 0.05) is 36.4 Å². The molecule has 1 aromatic rings. The smallest absolute Gasteiger partial charge is 0.271 e. The Morgan fingerprint density at radius 1 is 1.30 bits per heavy atom. The van der Waals surface area contributed by atoms with E-state index in [0.717, 1.165) is 18.8 Å². The van der Waals surface area contributed by atoms with Crippen LogP contribution in [0.15, 0.2) is 24.3 Å². The number of nitro groups is 1. The summed E-state index contributed by atoms with van der Waals surface area (Å²) in [5, 5.41) is 14.5. The van der Waals surface area contributed by atoms with Crippen LogP contribution in [0.25, 0.3) is 0 Å². The predicted molar refractivity (Wildman–Crippen MR) is 79.1 cm³/mol. The van der Waals surface area contributed by atoms with Crippen molar-refractivity contribution in [1.29, 1.82) is 0 Å². The number of piperidine rings is 1. The zero-order chi connectivity index (χ0) is 13.9. The molecule has 1 atom stereocenters. The minimum atomic E-state index is -0.312. The average molecular weight is 275 g/mol. The van der Waals surface area contributed by atoms with Gasteiger partial charge in [0.05, 0.1) is 4.92 Å². The number of hydrogen-bond donors (Lipinski definition) is 1. The van der Waals surface area contributed by atoms with Gasteiger partial charge in [-0.2, -0.15) is 0 Å². The molecule has 5 nitrogen and oxygen atoms in total. The summed E-state index contributed by atoms with van der Waals surface area (Å²) in [5.74, 6) is 0. The first-order valence-electron chi connectivity index (χ1n) is 7.48. The number of hydrogen-bond acceptors (Lipinski definition) is 4. The van der Waals surface area contributed by atoms with Crippen molar-refractivity contribution in [1.82, 2.24) is 5.32 Å². The Morgan fingerprint density at radius 3 is 2.80 bits per heavy atom. The van der Waals surface area contributed by atoms with Crippen molar-refractivity contribution in [3.63, 3.8) is 0 Å². The third-order valence-corrected chi connectivity index (χ3v) is 4.19. The predicted octanol–water partition coefficient (Wildman–Crippen LogP) is 2.71. The van der Waals surface area contributed by atoms with Gasteiger partial charge in [-0.25, -0.2) is 0 Å².